The third-order valence-electron chi connectivity index (χ3n) is 3.77. The molecule has 1 aromatic heterocycles. The second-order valence-electron chi connectivity index (χ2n) is 5.36. The molecule has 1 unspecified atom stereocenters. The van der Waals surface area contributed by atoms with Crippen LogP contribution in [-0.4, -0.2) is 6.04 Å². The maximum atomic E-state index is 6.40. The van der Waals surface area contributed by atoms with Gasteiger partial charge in [0.05, 0.1) is 0 Å². The van der Waals surface area contributed by atoms with E-state index < -0.39 is 0 Å². The molecule has 0 bridgehead atoms. The molecule has 18 heavy (non-hydrogen) atoms. The second kappa shape index (κ2) is 5.68. The molecular weight excluding hydrogens is 238 g/mol. The first-order chi connectivity index (χ1) is 8.60. The van der Waals surface area contributed by atoms with Crippen molar-refractivity contribution in [1.29, 1.82) is 0 Å². The van der Waals surface area contributed by atoms with E-state index >= 15 is 0 Å². The standard InChI is InChI=1S/C16H21NS/c1-16(2,14-6-4-3-5-7-14)15(17)9-8-13-10-11-18-12-13/h3-7,10-12,15H,8-9,17H2,1-2H3. The number of hydrogen-bond acceptors (Lipinski definition) is 2. The van der Waals surface area contributed by atoms with E-state index in [9.17, 15) is 0 Å². The number of hydrogen-bond donors (Lipinski definition) is 1. The average molecular weight is 259 g/mol. The Hall–Kier alpha value is -1.12. The molecule has 1 heterocycles. The van der Waals surface area contributed by atoms with Crippen LogP contribution in [0.4, 0.5) is 0 Å². The van der Waals surface area contributed by atoms with Crippen LogP contribution in [0.5, 0.6) is 0 Å². The Morgan fingerprint density at radius 2 is 1.89 bits per heavy atom. The van der Waals surface area contributed by atoms with Crippen LogP contribution in [0.15, 0.2) is 47.2 Å². The molecule has 0 radical (unpaired) electrons. The molecule has 2 aromatic rings. The van der Waals surface area contributed by atoms with Crippen LogP contribution in [0.1, 0.15) is 31.4 Å². The molecule has 2 rings (SSSR count). The summed E-state index contributed by atoms with van der Waals surface area (Å²) in [5.41, 5.74) is 9.15. The smallest absolute Gasteiger partial charge is 0.0134 e. The lowest BCUT2D eigenvalue weighted by molar-refractivity contribution is 0.389. The molecule has 0 fully saturated rings. The summed E-state index contributed by atoms with van der Waals surface area (Å²) >= 11 is 1.75. The van der Waals surface area contributed by atoms with Crippen LogP contribution in [0.25, 0.3) is 0 Å². The van der Waals surface area contributed by atoms with E-state index in [1.807, 2.05) is 0 Å². The van der Waals surface area contributed by atoms with Crippen LogP contribution in [0, 0.1) is 0 Å². The van der Waals surface area contributed by atoms with Crippen molar-refractivity contribution in [3.8, 4) is 0 Å². The number of benzene rings is 1. The molecule has 1 atom stereocenters. The predicted octanol–water partition coefficient (Wildman–Crippen LogP) is 3.99. The Kier molecular flexibility index (Phi) is 4.20. The predicted molar refractivity (Wildman–Crippen MR) is 80.1 cm³/mol. The fourth-order valence-electron chi connectivity index (χ4n) is 2.20. The first-order valence-corrected chi connectivity index (χ1v) is 7.37. The van der Waals surface area contributed by atoms with E-state index in [0.717, 1.165) is 12.8 Å². The van der Waals surface area contributed by atoms with E-state index in [1.54, 1.807) is 11.3 Å². The summed E-state index contributed by atoms with van der Waals surface area (Å²) < 4.78 is 0. The fraction of sp³-hybridized carbons (Fsp3) is 0.375. The van der Waals surface area contributed by atoms with Gasteiger partial charge in [-0.3, -0.25) is 0 Å². The summed E-state index contributed by atoms with van der Waals surface area (Å²) in [5, 5.41) is 4.34. The maximum Gasteiger partial charge on any atom is 0.0134 e. The van der Waals surface area contributed by atoms with Gasteiger partial charge in [-0.2, -0.15) is 11.3 Å². The Balaban J connectivity index is 2.01. The highest BCUT2D eigenvalue weighted by molar-refractivity contribution is 7.07. The van der Waals surface area contributed by atoms with Crippen molar-refractivity contribution in [1.82, 2.24) is 0 Å². The van der Waals surface area contributed by atoms with Gasteiger partial charge in [0.25, 0.3) is 0 Å². The van der Waals surface area contributed by atoms with Crippen molar-refractivity contribution in [2.75, 3.05) is 0 Å². The molecule has 0 aliphatic carbocycles. The number of thiophene rings is 1. The molecule has 1 aromatic carbocycles. The molecule has 0 spiro atoms. The summed E-state index contributed by atoms with van der Waals surface area (Å²) in [6.45, 7) is 4.47. The van der Waals surface area contributed by atoms with Gasteiger partial charge in [0, 0.05) is 11.5 Å². The Morgan fingerprint density at radius 3 is 2.50 bits per heavy atom. The first kappa shape index (κ1) is 13.3. The van der Waals surface area contributed by atoms with Crippen molar-refractivity contribution >= 4 is 11.3 Å². The minimum atomic E-state index is 0.0251. The van der Waals surface area contributed by atoms with Crippen molar-refractivity contribution in [3.05, 3.63) is 58.3 Å². The van der Waals surface area contributed by atoms with Gasteiger partial charge in [0.1, 0.15) is 0 Å². The summed E-state index contributed by atoms with van der Waals surface area (Å²) in [7, 11) is 0. The lowest BCUT2D eigenvalue weighted by atomic mass is 9.76. The van der Waals surface area contributed by atoms with Gasteiger partial charge in [-0.25, -0.2) is 0 Å². The van der Waals surface area contributed by atoms with Crippen molar-refractivity contribution in [2.24, 2.45) is 5.73 Å². The zero-order valence-electron chi connectivity index (χ0n) is 11.1. The number of aryl methyl sites for hydroxylation is 1. The lowest BCUT2D eigenvalue weighted by Crippen LogP contribution is -2.41. The summed E-state index contributed by atoms with van der Waals surface area (Å²) in [5.74, 6) is 0. The monoisotopic (exact) mass is 259 g/mol. The maximum absolute atomic E-state index is 6.40. The van der Waals surface area contributed by atoms with Gasteiger partial charge in [-0.15, -0.1) is 0 Å². The van der Waals surface area contributed by atoms with E-state index in [1.165, 1.54) is 11.1 Å². The largest absolute Gasteiger partial charge is 0.327 e. The molecule has 0 amide bonds. The van der Waals surface area contributed by atoms with Crippen LogP contribution in [0.2, 0.25) is 0 Å². The highest BCUT2D eigenvalue weighted by atomic mass is 32.1. The molecule has 0 saturated heterocycles. The molecule has 1 nitrogen and oxygen atoms in total. The van der Waals surface area contributed by atoms with Crippen molar-refractivity contribution in [3.63, 3.8) is 0 Å². The van der Waals surface area contributed by atoms with E-state index in [2.05, 4.69) is 61.0 Å². The van der Waals surface area contributed by atoms with Crippen LogP contribution >= 0.6 is 11.3 Å². The number of rotatable bonds is 5. The topological polar surface area (TPSA) is 26.0 Å². The highest BCUT2D eigenvalue weighted by Gasteiger charge is 2.27. The van der Waals surface area contributed by atoms with Gasteiger partial charge in [0.15, 0.2) is 0 Å². The molecular formula is C16H21NS. The SMILES string of the molecule is CC(C)(c1ccccc1)C(N)CCc1ccsc1. The molecule has 96 valence electrons. The zero-order chi connectivity index (χ0) is 13.0. The van der Waals surface area contributed by atoms with Gasteiger partial charge in [-0.1, -0.05) is 44.2 Å². The highest BCUT2D eigenvalue weighted by Crippen LogP contribution is 2.28. The minimum Gasteiger partial charge on any atom is -0.327 e. The van der Waals surface area contributed by atoms with Gasteiger partial charge in [0.2, 0.25) is 0 Å². The van der Waals surface area contributed by atoms with Crippen LogP contribution in [0.3, 0.4) is 0 Å². The fourth-order valence-corrected chi connectivity index (χ4v) is 2.90. The molecule has 2 N–H and O–H groups in total. The Morgan fingerprint density at radius 1 is 1.17 bits per heavy atom. The summed E-state index contributed by atoms with van der Waals surface area (Å²) in [4.78, 5) is 0. The van der Waals surface area contributed by atoms with Gasteiger partial charge >= 0.3 is 0 Å². The Labute approximate surface area is 114 Å². The second-order valence-corrected chi connectivity index (χ2v) is 6.14. The van der Waals surface area contributed by atoms with Gasteiger partial charge in [-0.05, 0) is 40.8 Å². The lowest BCUT2D eigenvalue weighted by Gasteiger charge is -2.32. The normalized spacial score (nSPS) is 13.5. The molecule has 0 saturated carbocycles. The van der Waals surface area contributed by atoms with E-state index in [0.29, 0.717) is 0 Å². The molecule has 0 aliphatic rings. The zero-order valence-corrected chi connectivity index (χ0v) is 11.9. The minimum absolute atomic E-state index is 0.0251. The van der Waals surface area contributed by atoms with Crippen molar-refractivity contribution < 1.29 is 0 Å². The number of nitrogens with two attached hydrogens (primary N) is 1. The van der Waals surface area contributed by atoms with Gasteiger partial charge < -0.3 is 5.73 Å². The average Bonchev–Trinajstić information content (AvgIpc) is 2.90. The summed E-state index contributed by atoms with van der Waals surface area (Å²) in [6.07, 6.45) is 2.10. The van der Waals surface area contributed by atoms with Crippen LogP contribution < -0.4 is 5.73 Å². The first-order valence-electron chi connectivity index (χ1n) is 6.43. The quantitative estimate of drug-likeness (QED) is 0.863. The van der Waals surface area contributed by atoms with E-state index in [-0.39, 0.29) is 11.5 Å². The van der Waals surface area contributed by atoms with E-state index in [4.69, 9.17) is 5.73 Å². The third kappa shape index (κ3) is 3.01. The van der Waals surface area contributed by atoms with Crippen molar-refractivity contribution in [2.45, 2.75) is 38.1 Å². The molecule has 0 aliphatic heterocycles. The van der Waals surface area contributed by atoms with Crippen LogP contribution in [-0.2, 0) is 11.8 Å². The Bertz CT molecular complexity index is 459. The third-order valence-corrected chi connectivity index (χ3v) is 4.50. The summed E-state index contributed by atoms with van der Waals surface area (Å²) in [6, 6.07) is 12.9. The molecule has 2 heteroatoms.